The first-order chi connectivity index (χ1) is 7.75. The summed E-state index contributed by atoms with van der Waals surface area (Å²) >= 11 is 0. The summed E-state index contributed by atoms with van der Waals surface area (Å²) in [5.74, 6) is 0.00633. The standard InChI is InChI=1S/C11H20N2O3/c1-9(10-7-12-8-10)11(14)13-3-4-16-6-5-15-2/h12H,3-8H2,1-2H3,(H,13,14). The van der Waals surface area contributed by atoms with E-state index >= 15 is 0 Å². The molecule has 0 bridgehead atoms. The molecule has 0 atom stereocenters. The second kappa shape index (κ2) is 7.38. The first kappa shape index (κ1) is 13.2. The molecule has 16 heavy (non-hydrogen) atoms. The van der Waals surface area contributed by atoms with Crippen LogP contribution in [0.4, 0.5) is 0 Å². The summed E-state index contributed by atoms with van der Waals surface area (Å²) in [6.07, 6.45) is 0. The normalized spacial score (nSPS) is 14.5. The van der Waals surface area contributed by atoms with E-state index in [9.17, 15) is 4.79 Å². The third-order valence-electron chi connectivity index (χ3n) is 2.51. The van der Waals surface area contributed by atoms with Gasteiger partial charge in [0.25, 0.3) is 0 Å². The van der Waals surface area contributed by atoms with Crippen LogP contribution in [0.1, 0.15) is 6.92 Å². The summed E-state index contributed by atoms with van der Waals surface area (Å²) in [7, 11) is 1.63. The van der Waals surface area contributed by atoms with E-state index in [1.54, 1.807) is 7.11 Å². The quantitative estimate of drug-likeness (QED) is 0.463. The molecule has 1 aliphatic rings. The van der Waals surface area contributed by atoms with E-state index in [4.69, 9.17) is 9.47 Å². The van der Waals surface area contributed by atoms with E-state index in [1.165, 1.54) is 5.57 Å². The molecular weight excluding hydrogens is 208 g/mol. The summed E-state index contributed by atoms with van der Waals surface area (Å²) in [5.41, 5.74) is 2.02. The summed E-state index contributed by atoms with van der Waals surface area (Å²) in [4.78, 5) is 11.6. The predicted molar refractivity (Wildman–Crippen MR) is 61.3 cm³/mol. The van der Waals surface area contributed by atoms with Gasteiger partial charge in [0.1, 0.15) is 0 Å². The Morgan fingerprint density at radius 2 is 2.12 bits per heavy atom. The number of ether oxygens (including phenoxy) is 2. The van der Waals surface area contributed by atoms with E-state index in [0.717, 1.165) is 18.7 Å². The van der Waals surface area contributed by atoms with Crippen LogP contribution in [0, 0.1) is 0 Å². The van der Waals surface area contributed by atoms with E-state index in [0.29, 0.717) is 26.4 Å². The Kier molecular flexibility index (Phi) is 6.07. The molecule has 0 unspecified atom stereocenters. The molecule has 1 heterocycles. The van der Waals surface area contributed by atoms with Crippen molar-refractivity contribution in [2.45, 2.75) is 6.92 Å². The van der Waals surface area contributed by atoms with Gasteiger partial charge in [0, 0.05) is 32.3 Å². The van der Waals surface area contributed by atoms with Crippen molar-refractivity contribution in [2.75, 3.05) is 46.6 Å². The Bertz CT molecular complexity index is 258. The highest BCUT2D eigenvalue weighted by Gasteiger charge is 2.15. The molecule has 1 fully saturated rings. The van der Waals surface area contributed by atoms with Crippen LogP contribution < -0.4 is 10.6 Å². The van der Waals surface area contributed by atoms with Gasteiger partial charge in [0.2, 0.25) is 5.91 Å². The van der Waals surface area contributed by atoms with Gasteiger partial charge in [-0.05, 0) is 12.5 Å². The van der Waals surface area contributed by atoms with Crippen LogP contribution in [-0.4, -0.2) is 52.5 Å². The van der Waals surface area contributed by atoms with Crippen molar-refractivity contribution in [3.8, 4) is 0 Å². The first-order valence-corrected chi connectivity index (χ1v) is 5.50. The highest BCUT2D eigenvalue weighted by atomic mass is 16.5. The molecule has 5 heteroatoms. The summed E-state index contributed by atoms with van der Waals surface area (Å²) in [5, 5.41) is 5.93. The van der Waals surface area contributed by atoms with E-state index in [-0.39, 0.29) is 5.91 Å². The third kappa shape index (κ3) is 4.30. The number of amides is 1. The summed E-state index contributed by atoms with van der Waals surface area (Å²) in [6, 6.07) is 0. The van der Waals surface area contributed by atoms with Gasteiger partial charge in [-0.2, -0.15) is 0 Å². The second-order valence-electron chi connectivity index (χ2n) is 3.69. The zero-order chi connectivity index (χ0) is 11.8. The zero-order valence-electron chi connectivity index (χ0n) is 9.97. The van der Waals surface area contributed by atoms with Crippen molar-refractivity contribution in [1.82, 2.24) is 10.6 Å². The fourth-order valence-electron chi connectivity index (χ4n) is 1.29. The molecule has 1 saturated heterocycles. The smallest absolute Gasteiger partial charge is 0.247 e. The molecule has 0 aliphatic carbocycles. The number of nitrogens with one attached hydrogen (secondary N) is 2. The zero-order valence-corrected chi connectivity index (χ0v) is 9.97. The van der Waals surface area contributed by atoms with E-state index < -0.39 is 0 Å². The fraction of sp³-hybridized carbons (Fsp3) is 0.727. The number of carbonyl (C=O) groups is 1. The monoisotopic (exact) mass is 228 g/mol. The number of methoxy groups -OCH3 is 1. The minimum absolute atomic E-state index is 0.00633. The Morgan fingerprint density at radius 1 is 1.38 bits per heavy atom. The van der Waals surface area contributed by atoms with Gasteiger partial charge in [-0.25, -0.2) is 0 Å². The van der Waals surface area contributed by atoms with Crippen LogP contribution in [0.15, 0.2) is 11.1 Å². The van der Waals surface area contributed by atoms with Gasteiger partial charge in [-0.3, -0.25) is 4.79 Å². The lowest BCUT2D eigenvalue weighted by Crippen LogP contribution is -2.38. The first-order valence-electron chi connectivity index (χ1n) is 5.50. The van der Waals surface area contributed by atoms with E-state index in [1.807, 2.05) is 6.92 Å². The topological polar surface area (TPSA) is 59.6 Å². The average Bonchev–Trinajstić information content (AvgIpc) is 2.20. The highest BCUT2D eigenvalue weighted by Crippen LogP contribution is 2.08. The maximum absolute atomic E-state index is 11.6. The largest absolute Gasteiger partial charge is 0.382 e. The van der Waals surface area contributed by atoms with Gasteiger partial charge >= 0.3 is 0 Å². The van der Waals surface area contributed by atoms with Gasteiger partial charge in [0.15, 0.2) is 0 Å². The number of carbonyl (C=O) groups excluding carboxylic acids is 1. The third-order valence-corrected chi connectivity index (χ3v) is 2.51. The molecule has 0 saturated carbocycles. The number of hydrogen-bond acceptors (Lipinski definition) is 4. The van der Waals surface area contributed by atoms with Gasteiger partial charge < -0.3 is 20.1 Å². The fourth-order valence-corrected chi connectivity index (χ4v) is 1.29. The molecular formula is C11H20N2O3. The van der Waals surface area contributed by atoms with Crippen molar-refractivity contribution in [1.29, 1.82) is 0 Å². The SMILES string of the molecule is COCCOCCNC(=O)C(C)=C1CNC1. The minimum Gasteiger partial charge on any atom is -0.382 e. The highest BCUT2D eigenvalue weighted by molar-refractivity contribution is 5.93. The Morgan fingerprint density at radius 3 is 2.69 bits per heavy atom. The van der Waals surface area contributed by atoms with Crippen LogP contribution in [0.2, 0.25) is 0 Å². The Labute approximate surface area is 96.2 Å². The lowest BCUT2D eigenvalue weighted by Gasteiger charge is -2.21. The molecule has 1 aliphatic heterocycles. The number of hydrogen-bond donors (Lipinski definition) is 2. The molecule has 0 aromatic heterocycles. The maximum atomic E-state index is 11.6. The Hall–Kier alpha value is -0.910. The van der Waals surface area contributed by atoms with Crippen LogP contribution in [0.3, 0.4) is 0 Å². The van der Waals surface area contributed by atoms with Crippen molar-refractivity contribution < 1.29 is 14.3 Å². The molecule has 1 rings (SSSR count). The Balaban J connectivity index is 2.06. The molecule has 2 N–H and O–H groups in total. The summed E-state index contributed by atoms with van der Waals surface area (Å²) in [6.45, 7) is 5.75. The second-order valence-corrected chi connectivity index (χ2v) is 3.69. The lowest BCUT2D eigenvalue weighted by atomic mass is 10.0. The van der Waals surface area contributed by atoms with E-state index in [2.05, 4.69) is 10.6 Å². The van der Waals surface area contributed by atoms with Crippen LogP contribution >= 0.6 is 0 Å². The van der Waals surface area contributed by atoms with Crippen molar-refractivity contribution in [3.05, 3.63) is 11.1 Å². The minimum atomic E-state index is 0.00633. The lowest BCUT2D eigenvalue weighted by molar-refractivity contribution is -0.117. The number of rotatable bonds is 7. The molecule has 5 nitrogen and oxygen atoms in total. The molecule has 1 amide bonds. The molecule has 0 aromatic rings. The predicted octanol–water partition coefficient (Wildman–Crippen LogP) is -0.315. The van der Waals surface area contributed by atoms with Crippen molar-refractivity contribution >= 4 is 5.91 Å². The molecule has 0 spiro atoms. The summed E-state index contributed by atoms with van der Waals surface area (Å²) < 4.78 is 10.1. The molecule has 0 aromatic carbocycles. The maximum Gasteiger partial charge on any atom is 0.247 e. The molecule has 0 radical (unpaired) electrons. The van der Waals surface area contributed by atoms with Gasteiger partial charge in [-0.15, -0.1) is 0 Å². The van der Waals surface area contributed by atoms with Crippen molar-refractivity contribution in [2.24, 2.45) is 0 Å². The van der Waals surface area contributed by atoms with Crippen LogP contribution in [-0.2, 0) is 14.3 Å². The van der Waals surface area contributed by atoms with Crippen LogP contribution in [0.25, 0.3) is 0 Å². The average molecular weight is 228 g/mol. The van der Waals surface area contributed by atoms with Gasteiger partial charge in [0.05, 0.1) is 19.8 Å². The van der Waals surface area contributed by atoms with Crippen LogP contribution in [0.5, 0.6) is 0 Å². The van der Waals surface area contributed by atoms with Crippen molar-refractivity contribution in [3.63, 3.8) is 0 Å². The van der Waals surface area contributed by atoms with Gasteiger partial charge in [-0.1, -0.05) is 0 Å². The molecule has 92 valence electrons.